The van der Waals surface area contributed by atoms with E-state index in [9.17, 15) is 0 Å². The molecule has 3 rings (SSSR count). The van der Waals surface area contributed by atoms with Crippen molar-refractivity contribution >= 4 is 19.7 Å². The summed E-state index contributed by atoms with van der Waals surface area (Å²) >= 11 is 0.322. The van der Waals surface area contributed by atoms with Crippen LogP contribution in [0.3, 0.4) is 0 Å². The second kappa shape index (κ2) is 6.31. The van der Waals surface area contributed by atoms with Gasteiger partial charge in [0, 0.05) is 0 Å². The van der Waals surface area contributed by atoms with Crippen molar-refractivity contribution in [3.05, 3.63) is 35.9 Å². The minimum atomic E-state index is 0.322. The molecule has 5 heteroatoms. The third kappa shape index (κ3) is 3.23. The first-order chi connectivity index (χ1) is 9.43. The van der Waals surface area contributed by atoms with Gasteiger partial charge in [-0.1, -0.05) is 0 Å². The van der Waals surface area contributed by atoms with Crippen LogP contribution in [0.15, 0.2) is 30.3 Å². The van der Waals surface area contributed by atoms with Gasteiger partial charge in [-0.3, -0.25) is 0 Å². The molecule has 1 aliphatic carbocycles. The molecule has 1 saturated carbocycles. The van der Waals surface area contributed by atoms with Crippen LogP contribution in [0.5, 0.6) is 0 Å². The Kier molecular flexibility index (Phi) is 4.26. The molecule has 4 nitrogen and oxygen atoms in total. The van der Waals surface area contributed by atoms with E-state index in [1.165, 1.54) is 37.7 Å². The van der Waals surface area contributed by atoms with E-state index < -0.39 is 0 Å². The quantitative estimate of drug-likeness (QED) is 0.805. The fourth-order valence-electron chi connectivity index (χ4n) is 2.56. The van der Waals surface area contributed by atoms with Gasteiger partial charge in [0.2, 0.25) is 0 Å². The number of rotatable bonds is 4. The molecule has 2 aromatic rings. The molecule has 0 atom stereocenters. The zero-order chi connectivity index (χ0) is 12.9. The molecule has 0 radical (unpaired) electrons. The Bertz CT molecular complexity index is 505. The van der Waals surface area contributed by atoms with Gasteiger partial charge in [0.05, 0.1) is 0 Å². The summed E-state index contributed by atoms with van der Waals surface area (Å²) in [7, 11) is 0. The van der Waals surface area contributed by atoms with Gasteiger partial charge in [0.1, 0.15) is 0 Å². The predicted molar refractivity (Wildman–Crippen MR) is 75.5 cm³/mol. The Labute approximate surface area is 119 Å². The second-order valence-corrected chi connectivity index (χ2v) is 6.95. The average molecular weight is 321 g/mol. The third-order valence-electron chi connectivity index (χ3n) is 3.59. The molecule has 19 heavy (non-hydrogen) atoms. The third-order valence-corrected chi connectivity index (χ3v) is 5.70. The van der Waals surface area contributed by atoms with Crippen molar-refractivity contribution in [2.45, 2.75) is 43.5 Å². The number of tetrazole rings is 1. The zero-order valence-electron chi connectivity index (χ0n) is 10.9. The van der Waals surface area contributed by atoms with Crippen LogP contribution >= 0.6 is 0 Å². The van der Waals surface area contributed by atoms with Crippen LogP contribution in [0.4, 0.5) is 0 Å². The fourth-order valence-corrected chi connectivity index (χ4v) is 4.45. The van der Waals surface area contributed by atoms with Crippen molar-refractivity contribution in [3.8, 4) is 0 Å². The summed E-state index contributed by atoms with van der Waals surface area (Å²) in [5, 5.41) is 13.4. The van der Waals surface area contributed by atoms with Gasteiger partial charge in [0.15, 0.2) is 0 Å². The molecule has 1 heterocycles. The fraction of sp³-hybridized carbons (Fsp3) is 0.500. The van der Waals surface area contributed by atoms with Crippen LogP contribution in [0, 0.1) is 0 Å². The molecule has 0 bridgehead atoms. The van der Waals surface area contributed by atoms with E-state index in [0.717, 1.165) is 10.0 Å². The number of aromatic nitrogens is 4. The topological polar surface area (TPSA) is 43.6 Å². The van der Waals surface area contributed by atoms with Crippen LogP contribution in [0.1, 0.15) is 43.7 Å². The zero-order valence-corrected chi connectivity index (χ0v) is 12.6. The van der Waals surface area contributed by atoms with E-state index in [0.29, 0.717) is 21.0 Å². The van der Waals surface area contributed by atoms with Crippen molar-refractivity contribution in [2.24, 2.45) is 0 Å². The molecule has 1 aliphatic rings. The van der Waals surface area contributed by atoms with Crippen molar-refractivity contribution in [2.75, 3.05) is 0 Å². The van der Waals surface area contributed by atoms with E-state index in [-0.39, 0.29) is 0 Å². The normalized spacial score (nSPS) is 16.6. The Morgan fingerprint density at radius 2 is 1.89 bits per heavy atom. The predicted octanol–water partition coefficient (Wildman–Crippen LogP) is 1.71. The Morgan fingerprint density at radius 3 is 2.68 bits per heavy atom. The van der Waals surface area contributed by atoms with Crippen molar-refractivity contribution < 1.29 is 0 Å². The Morgan fingerprint density at radius 1 is 1.11 bits per heavy atom. The van der Waals surface area contributed by atoms with Crippen LogP contribution in [-0.4, -0.2) is 35.2 Å². The van der Waals surface area contributed by atoms with E-state index in [4.69, 9.17) is 0 Å². The molecule has 0 spiro atoms. The summed E-state index contributed by atoms with van der Waals surface area (Å²) in [5.74, 6) is 0. The molecule has 1 aromatic heterocycles. The summed E-state index contributed by atoms with van der Waals surface area (Å²) in [4.78, 5) is 0. The van der Waals surface area contributed by atoms with Gasteiger partial charge in [-0.25, -0.2) is 0 Å². The molecule has 100 valence electrons. The van der Waals surface area contributed by atoms with Crippen molar-refractivity contribution in [3.63, 3.8) is 0 Å². The molecular formula is C14H18N4Se. The monoisotopic (exact) mass is 322 g/mol. The second-order valence-electron chi connectivity index (χ2n) is 4.97. The van der Waals surface area contributed by atoms with Crippen LogP contribution in [-0.2, 0) is 5.32 Å². The SMILES string of the molecule is c1ccc(C[Se]c2nnnn2C2CCCCC2)cc1. The molecule has 1 fully saturated rings. The molecule has 1 aromatic carbocycles. The number of nitrogens with zero attached hydrogens (tertiary/aromatic N) is 4. The molecule has 0 aliphatic heterocycles. The average Bonchev–Trinajstić information content (AvgIpc) is 2.95. The molecular weight excluding hydrogens is 303 g/mol. The van der Waals surface area contributed by atoms with Crippen LogP contribution in [0.2, 0.25) is 0 Å². The maximum absolute atomic E-state index is 4.24. The summed E-state index contributed by atoms with van der Waals surface area (Å²) in [6, 6.07) is 11.1. The minimum absolute atomic E-state index is 0.322. The molecule has 0 amide bonds. The molecule has 0 saturated heterocycles. The van der Waals surface area contributed by atoms with Gasteiger partial charge in [-0.15, -0.1) is 0 Å². The first kappa shape index (κ1) is 12.8. The maximum atomic E-state index is 4.24. The summed E-state index contributed by atoms with van der Waals surface area (Å²) in [5.41, 5.74) is 1.38. The molecule has 0 unspecified atom stereocenters. The first-order valence-corrected chi connectivity index (χ1v) is 8.95. The van der Waals surface area contributed by atoms with Gasteiger partial charge in [-0.2, -0.15) is 0 Å². The number of hydrogen-bond acceptors (Lipinski definition) is 3. The number of benzene rings is 1. The molecule has 0 N–H and O–H groups in total. The van der Waals surface area contributed by atoms with E-state index in [1.807, 2.05) is 0 Å². The van der Waals surface area contributed by atoms with Gasteiger partial charge < -0.3 is 0 Å². The van der Waals surface area contributed by atoms with E-state index in [1.54, 1.807) is 0 Å². The van der Waals surface area contributed by atoms with Crippen molar-refractivity contribution in [1.82, 2.24) is 20.2 Å². The van der Waals surface area contributed by atoms with E-state index in [2.05, 4.69) is 50.5 Å². The Hall–Kier alpha value is -1.19. The summed E-state index contributed by atoms with van der Waals surface area (Å²) in [6.45, 7) is 0. The summed E-state index contributed by atoms with van der Waals surface area (Å²) < 4.78 is 3.20. The van der Waals surface area contributed by atoms with Gasteiger partial charge in [-0.05, 0) is 0 Å². The van der Waals surface area contributed by atoms with Gasteiger partial charge >= 0.3 is 119 Å². The Balaban J connectivity index is 1.66. The van der Waals surface area contributed by atoms with Gasteiger partial charge in [0.25, 0.3) is 0 Å². The first-order valence-electron chi connectivity index (χ1n) is 6.88. The van der Waals surface area contributed by atoms with Crippen LogP contribution < -0.4 is 4.72 Å². The number of hydrogen-bond donors (Lipinski definition) is 0. The standard InChI is InChI=1S/C14H18N4Se/c1-3-7-12(8-4-1)11-19-14-15-16-17-18(14)13-9-5-2-6-10-13/h1,3-4,7-8,13H,2,5-6,9-11H2. The van der Waals surface area contributed by atoms with E-state index >= 15 is 0 Å². The summed E-state index contributed by atoms with van der Waals surface area (Å²) in [6.07, 6.45) is 6.47. The van der Waals surface area contributed by atoms with Crippen LogP contribution in [0.25, 0.3) is 0 Å². The van der Waals surface area contributed by atoms with Crippen molar-refractivity contribution in [1.29, 1.82) is 0 Å².